The van der Waals surface area contributed by atoms with Crippen LogP contribution in [0.15, 0.2) is 24.3 Å². The topological polar surface area (TPSA) is 67.6 Å². The van der Waals surface area contributed by atoms with Crippen LogP contribution in [0.25, 0.3) is 11.3 Å². The van der Waals surface area contributed by atoms with Gasteiger partial charge in [0.25, 0.3) is 0 Å². The number of imidazole rings is 1. The van der Waals surface area contributed by atoms with E-state index in [4.69, 9.17) is 16.0 Å². The van der Waals surface area contributed by atoms with Crippen LogP contribution in [0.1, 0.15) is 50.9 Å². The first-order chi connectivity index (χ1) is 9.91. The Morgan fingerprint density at radius 1 is 1.33 bits per heavy atom. The van der Waals surface area contributed by atoms with Gasteiger partial charge in [0.1, 0.15) is 17.3 Å². The van der Waals surface area contributed by atoms with Gasteiger partial charge in [-0.05, 0) is 45.7 Å². The highest BCUT2D eigenvalue weighted by molar-refractivity contribution is 5.72. The van der Waals surface area contributed by atoms with Crippen LogP contribution in [-0.4, -0.2) is 9.55 Å². The first kappa shape index (κ1) is 13.7. The van der Waals surface area contributed by atoms with E-state index in [0.717, 1.165) is 17.1 Å². The molecule has 108 valence electrons. The lowest BCUT2D eigenvalue weighted by atomic mass is 10.1. The number of hydrogen-bond acceptors (Lipinski definition) is 3. The third-order valence-corrected chi connectivity index (χ3v) is 3.82. The molecule has 1 aliphatic carbocycles. The van der Waals surface area contributed by atoms with Gasteiger partial charge in [-0.15, -0.1) is 0 Å². The van der Waals surface area contributed by atoms with Gasteiger partial charge in [0.05, 0.1) is 11.6 Å². The zero-order valence-electron chi connectivity index (χ0n) is 12.7. The summed E-state index contributed by atoms with van der Waals surface area (Å²) in [5.74, 6) is 2.30. The van der Waals surface area contributed by atoms with Crippen LogP contribution in [0.4, 0.5) is 5.82 Å². The van der Waals surface area contributed by atoms with E-state index in [1.807, 2.05) is 18.2 Å². The molecular weight excluding hydrogens is 260 g/mol. The molecule has 1 saturated carbocycles. The van der Waals surface area contributed by atoms with Crippen LogP contribution in [0, 0.1) is 11.3 Å². The first-order valence-electron chi connectivity index (χ1n) is 7.31. The van der Waals surface area contributed by atoms with Crippen molar-refractivity contribution in [3.8, 4) is 17.3 Å². The number of nitriles is 1. The van der Waals surface area contributed by atoms with Crippen molar-refractivity contribution in [2.75, 3.05) is 5.73 Å². The van der Waals surface area contributed by atoms with Crippen LogP contribution in [0.5, 0.6) is 0 Å². The number of aromatic nitrogens is 2. The predicted octanol–water partition coefficient (Wildman–Crippen LogP) is 3.64. The number of nitrogen functional groups attached to an aromatic ring is 1. The molecule has 1 heterocycles. The molecule has 0 atom stereocenters. The average molecular weight is 280 g/mol. The molecule has 1 fully saturated rings. The summed E-state index contributed by atoms with van der Waals surface area (Å²) in [4.78, 5) is 4.81. The molecule has 0 amide bonds. The Labute approximate surface area is 125 Å². The minimum atomic E-state index is -0.0971. The monoisotopic (exact) mass is 280 g/mol. The fourth-order valence-corrected chi connectivity index (χ4v) is 2.72. The minimum absolute atomic E-state index is 0.0971. The Balaban J connectivity index is 2.18. The van der Waals surface area contributed by atoms with Crippen LogP contribution < -0.4 is 5.73 Å². The van der Waals surface area contributed by atoms with Gasteiger partial charge in [-0.2, -0.15) is 5.26 Å². The number of anilines is 1. The van der Waals surface area contributed by atoms with Crippen LogP contribution in [-0.2, 0) is 5.54 Å². The maximum atomic E-state index is 9.06. The van der Waals surface area contributed by atoms with E-state index >= 15 is 0 Å². The van der Waals surface area contributed by atoms with Crippen molar-refractivity contribution in [1.82, 2.24) is 9.55 Å². The molecule has 2 aromatic rings. The summed E-state index contributed by atoms with van der Waals surface area (Å²) in [6.07, 6.45) is 2.37. The van der Waals surface area contributed by atoms with Crippen molar-refractivity contribution < 1.29 is 0 Å². The lowest BCUT2D eigenvalue weighted by Gasteiger charge is -2.25. The number of hydrogen-bond donors (Lipinski definition) is 1. The number of benzene rings is 1. The van der Waals surface area contributed by atoms with E-state index in [0.29, 0.717) is 17.3 Å². The van der Waals surface area contributed by atoms with Gasteiger partial charge in [-0.1, -0.05) is 12.1 Å². The smallest absolute Gasteiger partial charge is 0.132 e. The van der Waals surface area contributed by atoms with E-state index < -0.39 is 0 Å². The maximum Gasteiger partial charge on any atom is 0.132 e. The molecule has 1 aromatic heterocycles. The average Bonchev–Trinajstić information content (AvgIpc) is 3.21. The molecule has 0 spiro atoms. The Bertz CT molecular complexity index is 724. The van der Waals surface area contributed by atoms with E-state index in [1.165, 1.54) is 12.8 Å². The van der Waals surface area contributed by atoms with Crippen molar-refractivity contribution in [2.45, 2.75) is 45.1 Å². The summed E-state index contributed by atoms with van der Waals surface area (Å²) >= 11 is 0. The molecule has 2 N–H and O–H groups in total. The highest BCUT2D eigenvalue weighted by Gasteiger charge is 2.34. The Hall–Kier alpha value is -2.28. The van der Waals surface area contributed by atoms with Gasteiger partial charge in [0.15, 0.2) is 0 Å². The molecule has 21 heavy (non-hydrogen) atoms. The fourth-order valence-electron chi connectivity index (χ4n) is 2.72. The third-order valence-electron chi connectivity index (χ3n) is 3.82. The predicted molar refractivity (Wildman–Crippen MR) is 83.8 cm³/mol. The Kier molecular flexibility index (Phi) is 3.02. The molecule has 4 heteroatoms. The fraction of sp³-hybridized carbons (Fsp3) is 0.412. The van der Waals surface area contributed by atoms with E-state index in [1.54, 1.807) is 6.07 Å². The van der Waals surface area contributed by atoms with Gasteiger partial charge in [-0.3, -0.25) is 0 Å². The summed E-state index contributed by atoms with van der Waals surface area (Å²) in [6, 6.07) is 9.65. The van der Waals surface area contributed by atoms with Crippen LogP contribution in [0.2, 0.25) is 0 Å². The lowest BCUT2D eigenvalue weighted by molar-refractivity contribution is 0.388. The first-order valence-corrected chi connectivity index (χ1v) is 7.31. The number of nitrogens with zero attached hydrogens (tertiary/aromatic N) is 3. The molecule has 0 unspecified atom stereocenters. The van der Waals surface area contributed by atoms with E-state index in [9.17, 15) is 0 Å². The zero-order valence-corrected chi connectivity index (χ0v) is 12.7. The molecule has 0 aliphatic heterocycles. The molecule has 3 rings (SSSR count). The third kappa shape index (κ3) is 2.40. The molecular formula is C17H20N4. The highest BCUT2D eigenvalue weighted by Crippen LogP contribution is 2.44. The summed E-state index contributed by atoms with van der Waals surface area (Å²) in [5.41, 5.74) is 8.64. The van der Waals surface area contributed by atoms with Crippen molar-refractivity contribution in [2.24, 2.45) is 0 Å². The minimum Gasteiger partial charge on any atom is -0.383 e. The van der Waals surface area contributed by atoms with Crippen LogP contribution >= 0.6 is 0 Å². The Morgan fingerprint density at radius 3 is 2.62 bits per heavy atom. The van der Waals surface area contributed by atoms with Crippen molar-refractivity contribution in [1.29, 1.82) is 5.26 Å². The van der Waals surface area contributed by atoms with Gasteiger partial charge in [0, 0.05) is 17.0 Å². The highest BCUT2D eigenvalue weighted by atomic mass is 15.2. The van der Waals surface area contributed by atoms with Gasteiger partial charge in [-0.25, -0.2) is 4.98 Å². The number of nitrogens with two attached hydrogens (primary N) is 1. The zero-order chi connectivity index (χ0) is 15.2. The summed E-state index contributed by atoms with van der Waals surface area (Å²) < 4.78 is 2.15. The van der Waals surface area contributed by atoms with Crippen molar-refractivity contribution >= 4 is 5.82 Å². The SMILES string of the molecule is CC(C)(C)n1c(C2CC2)nc(-c2cccc(C#N)c2)c1N. The summed E-state index contributed by atoms with van der Waals surface area (Å²) in [6.45, 7) is 6.44. The Morgan fingerprint density at radius 2 is 2.05 bits per heavy atom. The van der Waals surface area contributed by atoms with Crippen LogP contribution in [0.3, 0.4) is 0 Å². The second kappa shape index (κ2) is 4.63. The normalized spacial score (nSPS) is 15.0. The molecule has 0 saturated heterocycles. The second-order valence-corrected chi connectivity index (χ2v) is 6.68. The largest absolute Gasteiger partial charge is 0.383 e. The maximum absolute atomic E-state index is 9.06. The number of rotatable bonds is 2. The van der Waals surface area contributed by atoms with Gasteiger partial charge in [0.2, 0.25) is 0 Å². The molecule has 1 aromatic carbocycles. The van der Waals surface area contributed by atoms with E-state index in [2.05, 4.69) is 31.4 Å². The summed E-state index contributed by atoms with van der Waals surface area (Å²) in [5, 5.41) is 9.06. The van der Waals surface area contributed by atoms with Gasteiger partial charge < -0.3 is 10.3 Å². The lowest BCUT2D eigenvalue weighted by Crippen LogP contribution is -2.25. The molecule has 1 aliphatic rings. The van der Waals surface area contributed by atoms with Gasteiger partial charge >= 0.3 is 0 Å². The quantitative estimate of drug-likeness (QED) is 0.913. The molecule has 0 bridgehead atoms. The standard InChI is InChI=1S/C17H20N4/c1-17(2,3)21-15(19)14(20-16(21)12-7-8-12)13-6-4-5-11(9-13)10-18/h4-6,9,12H,7-8,19H2,1-3H3. The molecule has 0 radical (unpaired) electrons. The van der Waals surface area contributed by atoms with Crippen molar-refractivity contribution in [3.05, 3.63) is 35.7 Å². The summed E-state index contributed by atoms with van der Waals surface area (Å²) in [7, 11) is 0. The van der Waals surface area contributed by atoms with E-state index in [-0.39, 0.29) is 5.54 Å². The second-order valence-electron chi connectivity index (χ2n) is 6.68. The molecule has 4 nitrogen and oxygen atoms in total. The van der Waals surface area contributed by atoms with Crippen molar-refractivity contribution in [3.63, 3.8) is 0 Å².